The number of anilines is 1. The maximum atomic E-state index is 13.2. The van der Waals surface area contributed by atoms with E-state index in [0.29, 0.717) is 5.02 Å². The van der Waals surface area contributed by atoms with Crippen molar-refractivity contribution in [3.05, 3.63) is 64.7 Å². The first-order valence-corrected chi connectivity index (χ1v) is 7.27. The van der Waals surface area contributed by atoms with Gasteiger partial charge in [-0.1, -0.05) is 37.6 Å². The van der Waals surface area contributed by atoms with Crippen molar-refractivity contribution in [1.29, 1.82) is 0 Å². The molecule has 0 fully saturated rings. The fraction of sp³-hybridized carbons (Fsp3) is 0.235. The third-order valence-corrected chi connectivity index (χ3v) is 3.62. The van der Waals surface area contributed by atoms with Crippen LogP contribution in [0.3, 0.4) is 0 Å². The Morgan fingerprint density at radius 2 is 1.68 bits per heavy atom. The molecule has 2 aromatic rings. The summed E-state index contributed by atoms with van der Waals surface area (Å²) >= 11 is 5.86. The average molecular weight is 324 g/mol. The SMILES string of the molecule is CC(C)[C@H](C(=O)Nc1ccc(F)c(F)c1)c1ccc(Cl)cc1. The Kier molecular flexibility index (Phi) is 5.14. The maximum Gasteiger partial charge on any atom is 0.232 e. The van der Waals surface area contributed by atoms with Crippen LogP contribution in [-0.4, -0.2) is 5.91 Å². The van der Waals surface area contributed by atoms with E-state index in [-0.39, 0.29) is 17.5 Å². The van der Waals surface area contributed by atoms with E-state index in [9.17, 15) is 13.6 Å². The summed E-state index contributed by atoms with van der Waals surface area (Å²) < 4.78 is 26.1. The molecule has 2 nitrogen and oxygen atoms in total. The Morgan fingerprint density at radius 1 is 1.05 bits per heavy atom. The lowest BCUT2D eigenvalue weighted by Gasteiger charge is -2.21. The lowest BCUT2D eigenvalue weighted by molar-refractivity contribution is -0.118. The van der Waals surface area contributed by atoms with Crippen molar-refractivity contribution in [2.75, 3.05) is 5.32 Å². The fourth-order valence-corrected chi connectivity index (χ4v) is 2.43. The number of carbonyl (C=O) groups is 1. The van der Waals surface area contributed by atoms with E-state index in [4.69, 9.17) is 11.6 Å². The van der Waals surface area contributed by atoms with Crippen LogP contribution in [0.4, 0.5) is 14.5 Å². The van der Waals surface area contributed by atoms with Crippen LogP contribution in [0.15, 0.2) is 42.5 Å². The van der Waals surface area contributed by atoms with Gasteiger partial charge in [-0.05, 0) is 35.7 Å². The fourth-order valence-electron chi connectivity index (χ4n) is 2.30. The van der Waals surface area contributed by atoms with Gasteiger partial charge in [-0.2, -0.15) is 0 Å². The monoisotopic (exact) mass is 323 g/mol. The summed E-state index contributed by atoms with van der Waals surface area (Å²) in [5.41, 5.74) is 1.04. The molecule has 0 heterocycles. The summed E-state index contributed by atoms with van der Waals surface area (Å²) in [6.07, 6.45) is 0. The lowest BCUT2D eigenvalue weighted by atomic mass is 9.87. The first-order valence-electron chi connectivity index (χ1n) is 6.90. The van der Waals surface area contributed by atoms with Gasteiger partial charge < -0.3 is 5.32 Å². The molecule has 1 amide bonds. The van der Waals surface area contributed by atoms with Crippen molar-refractivity contribution < 1.29 is 13.6 Å². The van der Waals surface area contributed by atoms with Crippen LogP contribution in [0.25, 0.3) is 0 Å². The van der Waals surface area contributed by atoms with Crippen LogP contribution in [0.5, 0.6) is 0 Å². The molecule has 0 spiro atoms. The van der Waals surface area contributed by atoms with Crippen molar-refractivity contribution in [1.82, 2.24) is 0 Å². The zero-order valence-corrected chi connectivity index (χ0v) is 13.0. The normalized spacial score (nSPS) is 12.3. The molecule has 5 heteroatoms. The number of nitrogens with one attached hydrogen (secondary N) is 1. The topological polar surface area (TPSA) is 29.1 Å². The van der Waals surface area contributed by atoms with Crippen molar-refractivity contribution in [3.8, 4) is 0 Å². The lowest BCUT2D eigenvalue weighted by Crippen LogP contribution is -2.25. The summed E-state index contributed by atoms with van der Waals surface area (Å²) in [7, 11) is 0. The summed E-state index contributed by atoms with van der Waals surface area (Å²) in [6.45, 7) is 3.84. The number of hydrogen-bond acceptors (Lipinski definition) is 1. The second-order valence-electron chi connectivity index (χ2n) is 5.39. The Labute approximate surface area is 133 Å². The second-order valence-corrected chi connectivity index (χ2v) is 5.83. The van der Waals surface area contributed by atoms with Gasteiger partial charge in [0.15, 0.2) is 11.6 Å². The Bertz CT molecular complexity index is 671. The van der Waals surface area contributed by atoms with E-state index in [2.05, 4.69) is 5.32 Å². The van der Waals surface area contributed by atoms with E-state index in [1.54, 1.807) is 24.3 Å². The van der Waals surface area contributed by atoms with E-state index in [0.717, 1.165) is 17.7 Å². The van der Waals surface area contributed by atoms with E-state index >= 15 is 0 Å². The Balaban J connectivity index is 2.23. The van der Waals surface area contributed by atoms with Crippen LogP contribution >= 0.6 is 11.6 Å². The largest absolute Gasteiger partial charge is 0.325 e. The van der Waals surface area contributed by atoms with Gasteiger partial charge in [-0.25, -0.2) is 8.78 Å². The molecular formula is C17H16ClF2NO. The number of halogens is 3. The van der Waals surface area contributed by atoms with Crippen molar-refractivity contribution >= 4 is 23.2 Å². The van der Waals surface area contributed by atoms with Gasteiger partial charge in [0.25, 0.3) is 0 Å². The second kappa shape index (κ2) is 6.88. The van der Waals surface area contributed by atoms with Crippen LogP contribution < -0.4 is 5.32 Å². The van der Waals surface area contributed by atoms with Crippen LogP contribution in [-0.2, 0) is 4.79 Å². The van der Waals surface area contributed by atoms with E-state index in [1.165, 1.54) is 6.07 Å². The highest BCUT2D eigenvalue weighted by atomic mass is 35.5. The minimum absolute atomic E-state index is 0.0338. The van der Waals surface area contributed by atoms with Gasteiger partial charge >= 0.3 is 0 Å². The van der Waals surface area contributed by atoms with Crippen LogP contribution in [0.2, 0.25) is 5.02 Å². The molecule has 0 unspecified atom stereocenters. The molecule has 0 aliphatic carbocycles. The van der Waals surface area contributed by atoms with Crippen molar-refractivity contribution in [2.45, 2.75) is 19.8 Å². The van der Waals surface area contributed by atoms with E-state index < -0.39 is 17.6 Å². The minimum Gasteiger partial charge on any atom is -0.325 e. The van der Waals surface area contributed by atoms with Gasteiger partial charge in [0.05, 0.1) is 5.92 Å². The van der Waals surface area contributed by atoms with Crippen LogP contribution in [0, 0.1) is 17.6 Å². The molecule has 2 aromatic carbocycles. The standard InChI is InChI=1S/C17H16ClF2NO/c1-10(2)16(11-3-5-12(18)6-4-11)17(22)21-13-7-8-14(19)15(20)9-13/h3-10,16H,1-2H3,(H,21,22)/t16-/m0/s1. The molecule has 0 aromatic heterocycles. The van der Waals surface area contributed by atoms with Gasteiger partial charge in [-0.15, -0.1) is 0 Å². The molecule has 2 rings (SSSR count). The predicted molar refractivity (Wildman–Crippen MR) is 84.0 cm³/mol. The van der Waals surface area contributed by atoms with Crippen molar-refractivity contribution in [3.63, 3.8) is 0 Å². The first-order chi connectivity index (χ1) is 10.4. The number of rotatable bonds is 4. The molecule has 1 atom stereocenters. The van der Waals surface area contributed by atoms with E-state index in [1.807, 2.05) is 13.8 Å². The third-order valence-electron chi connectivity index (χ3n) is 3.37. The zero-order chi connectivity index (χ0) is 16.3. The highest BCUT2D eigenvalue weighted by molar-refractivity contribution is 6.30. The molecule has 0 bridgehead atoms. The summed E-state index contributed by atoms with van der Waals surface area (Å²) in [4.78, 5) is 12.5. The van der Waals surface area contributed by atoms with Crippen molar-refractivity contribution in [2.24, 2.45) is 5.92 Å². The number of hydrogen-bond donors (Lipinski definition) is 1. The third kappa shape index (κ3) is 3.83. The van der Waals surface area contributed by atoms with Gasteiger partial charge in [-0.3, -0.25) is 4.79 Å². The first kappa shape index (κ1) is 16.4. The van der Waals surface area contributed by atoms with Gasteiger partial charge in [0.1, 0.15) is 0 Å². The highest BCUT2D eigenvalue weighted by Gasteiger charge is 2.24. The van der Waals surface area contributed by atoms with Gasteiger partial charge in [0.2, 0.25) is 5.91 Å². The molecule has 116 valence electrons. The van der Waals surface area contributed by atoms with Gasteiger partial charge in [0, 0.05) is 16.8 Å². The Morgan fingerprint density at radius 3 is 2.23 bits per heavy atom. The molecule has 0 saturated heterocycles. The quantitative estimate of drug-likeness (QED) is 0.843. The summed E-state index contributed by atoms with van der Waals surface area (Å²) in [5.74, 6) is -2.60. The predicted octanol–water partition coefficient (Wildman–Crippen LogP) is 5.00. The molecule has 0 aliphatic heterocycles. The maximum absolute atomic E-state index is 13.2. The summed E-state index contributed by atoms with van der Waals surface area (Å²) in [5, 5.41) is 3.22. The molecule has 0 aliphatic rings. The molecule has 1 N–H and O–H groups in total. The average Bonchev–Trinajstić information content (AvgIpc) is 2.45. The van der Waals surface area contributed by atoms with Crippen LogP contribution in [0.1, 0.15) is 25.3 Å². The minimum atomic E-state index is -0.995. The molecule has 22 heavy (non-hydrogen) atoms. The highest BCUT2D eigenvalue weighted by Crippen LogP contribution is 2.27. The smallest absolute Gasteiger partial charge is 0.232 e. The molecule has 0 radical (unpaired) electrons. The Hall–Kier alpha value is -1.94. The number of carbonyl (C=O) groups excluding carboxylic acids is 1. The molecular weight excluding hydrogens is 308 g/mol. The summed E-state index contributed by atoms with van der Waals surface area (Å²) in [6, 6.07) is 10.3. The zero-order valence-electron chi connectivity index (χ0n) is 12.2. The number of amides is 1. The number of benzene rings is 2. The molecule has 0 saturated carbocycles.